The monoisotopic (exact) mass is 589 g/mol. The van der Waals surface area contributed by atoms with Crippen molar-refractivity contribution in [2.24, 2.45) is 11.3 Å². The van der Waals surface area contributed by atoms with Crippen LogP contribution in [-0.4, -0.2) is 110 Å². The summed E-state index contributed by atoms with van der Waals surface area (Å²) in [5.41, 5.74) is 1.97. The van der Waals surface area contributed by atoms with E-state index in [1.807, 2.05) is 0 Å². The Balaban J connectivity index is 1.27. The van der Waals surface area contributed by atoms with Gasteiger partial charge >= 0.3 is 0 Å². The van der Waals surface area contributed by atoms with Crippen molar-refractivity contribution in [3.05, 3.63) is 42.5 Å². The van der Waals surface area contributed by atoms with Crippen LogP contribution in [0.2, 0.25) is 0 Å². The predicted octanol–water partition coefficient (Wildman–Crippen LogP) is 1.93. The number of amides is 1. The smallest absolute Gasteiger partial charge is 0.246 e. The van der Waals surface area contributed by atoms with Gasteiger partial charge in [-0.1, -0.05) is 24.8 Å². The third kappa shape index (κ3) is 5.40. The molecule has 43 heavy (non-hydrogen) atoms. The van der Waals surface area contributed by atoms with E-state index >= 15 is 0 Å². The SMILES string of the molecule is C=CC(=O)N1CCN(C2NC(OCC3CCCN3C)NC3C(=O)[C@@]4(CCC32)Cc2ccccc2N(C)C4C)CC1CC#N. The van der Waals surface area contributed by atoms with Crippen LogP contribution in [0.15, 0.2) is 36.9 Å². The van der Waals surface area contributed by atoms with Crippen molar-refractivity contribution in [3.63, 3.8) is 0 Å². The third-order valence-corrected chi connectivity index (χ3v) is 11.3. The highest BCUT2D eigenvalue weighted by Gasteiger charge is 2.58. The number of ketones is 1. The minimum absolute atomic E-state index is 0.0474. The van der Waals surface area contributed by atoms with E-state index in [2.05, 4.69) is 83.3 Å². The quantitative estimate of drug-likeness (QED) is 0.482. The fourth-order valence-corrected chi connectivity index (χ4v) is 8.60. The summed E-state index contributed by atoms with van der Waals surface area (Å²) in [5.74, 6) is 0.194. The van der Waals surface area contributed by atoms with Crippen molar-refractivity contribution in [1.82, 2.24) is 25.3 Å². The van der Waals surface area contributed by atoms with Crippen molar-refractivity contribution in [1.29, 1.82) is 5.26 Å². The van der Waals surface area contributed by atoms with Crippen LogP contribution in [0, 0.1) is 22.7 Å². The van der Waals surface area contributed by atoms with Gasteiger partial charge in [0, 0.05) is 50.4 Å². The second-order valence-electron chi connectivity index (χ2n) is 13.3. The molecule has 1 aliphatic carbocycles. The van der Waals surface area contributed by atoms with Crippen LogP contribution in [-0.2, 0) is 20.7 Å². The Bertz CT molecular complexity index is 1270. The first-order chi connectivity index (χ1) is 20.8. The van der Waals surface area contributed by atoms with Crippen molar-refractivity contribution in [2.45, 2.75) is 82.1 Å². The number of Topliss-reactive ketones (excluding diaryl/α,β-unsaturated/α-hetero) is 1. The van der Waals surface area contributed by atoms with Crippen LogP contribution in [0.4, 0.5) is 5.69 Å². The molecular formula is C33H47N7O3. The molecule has 232 valence electrons. The number of hydrogen-bond acceptors (Lipinski definition) is 9. The Morgan fingerprint density at radius 1 is 1.19 bits per heavy atom. The van der Waals surface area contributed by atoms with Crippen molar-refractivity contribution >= 4 is 17.4 Å². The zero-order valence-corrected chi connectivity index (χ0v) is 25.9. The molecule has 1 aromatic rings. The van der Waals surface area contributed by atoms with Crippen molar-refractivity contribution < 1.29 is 14.3 Å². The van der Waals surface area contributed by atoms with Crippen LogP contribution < -0.4 is 15.5 Å². The first-order valence-electron chi connectivity index (χ1n) is 16.0. The summed E-state index contributed by atoms with van der Waals surface area (Å²) in [6, 6.07) is 10.6. The molecule has 4 heterocycles. The number of fused-ring (bicyclic) bond motifs is 2. The number of ether oxygens (including phenoxy) is 1. The zero-order chi connectivity index (χ0) is 30.3. The number of anilines is 1. The van der Waals surface area contributed by atoms with Crippen LogP contribution in [0.5, 0.6) is 0 Å². The first-order valence-corrected chi connectivity index (χ1v) is 16.0. The minimum atomic E-state index is -0.478. The molecule has 6 rings (SSSR count). The average molecular weight is 590 g/mol. The van der Waals surface area contributed by atoms with Crippen molar-refractivity contribution in [3.8, 4) is 6.07 Å². The molecule has 1 spiro atoms. The number of hydrogen-bond donors (Lipinski definition) is 2. The van der Waals surface area contributed by atoms with E-state index in [-0.39, 0.29) is 48.3 Å². The van der Waals surface area contributed by atoms with E-state index in [1.54, 1.807) is 4.90 Å². The van der Waals surface area contributed by atoms with Gasteiger partial charge in [0.25, 0.3) is 0 Å². The Hall–Kier alpha value is -2.81. The second kappa shape index (κ2) is 12.3. The number of carbonyl (C=O) groups is 2. The van der Waals surface area contributed by atoms with Gasteiger partial charge in [-0.05, 0) is 70.3 Å². The summed E-state index contributed by atoms with van der Waals surface area (Å²) < 4.78 is 6.50. The lowest BCUT2D eigenvalue weighted by molar-refractivity contribution is -0.154. The summed E-state index contributed by atoms with van der Waals surface area (Å²) in [4.78, 5) is 36.2. The molecule has 10 nitrogen and oxygen atoms in total. The molecule has 4 aliphatic heterocycles. The van der Waals surface area contributed by atoms with Crippen LogP contribution >= 0.6 is 0 Å². The normalized spacial score (nSPS) is 36.7. The topological polar surface area (TPSA) is 104 Å². The van der Waals surface area contributed by atoms with E-state index in [0.717, 1.165) is 32.2 Å². The molecule has 1 aromatic carbocycles. The Morgan fingerprint density at radius 3 is 2.74 bits per heavy atom. The maximum Gasteiger partial charge on any atom is 0.246 e. The standard InChI is InChI=1S/C33H47N7O3/c1-5-28(41)40-18-17-39(20-24(40)13-15-34)31-26-12-14-33(19-23-9-6-7-11-27(23)38(4)22(33)2)30(42)29(26)35-32(36-31)43-21-25-10-8-16-37(25)3/h5-7,9,11,22,24-26,29,31-32,35-36H,1,8,10,12-14,16-21H2,2-4H3/t22?,24?,25?,26?,29?,31?,32?,33-/m0/s1. The largest absolute Gasteiger partial charge is 0.371 e. The molecule has 5 aliphatic rings. The minimum Gasteiger partial charge on any atom is -0.371 e. The van der Waals surface area contributed by atoms with Crippen LogP contribution in [0.25, 0.3) is 0 Å². The van der Waals surface area contributed by atoms with Gasteiger partial charge in [-0.2, -0.15) is 5.26 Å². The lowest BCUT2D eigenvalue weighted by atomic mass is 9.58. The van der Waals surface area contributed by atoms with Gasteiger partial charge in [-0.25, -0.2) is 0 Å². The highest BCUT2D eigenvalue weighted by molar-refractivity contribution is 5.93. The Labute approximate surface area is 256 Å². The number of piperazine rings is 1. The molecule has 7 unspecified atom stereocenters. The maximum atomic E-state index is 14.8. The van der Waals surface area contributed by atoms with Gasteiger partial charge < -0.3 is 19.4 Å². The number of para-hydroxylation sites is 1. The summed E-state index contributed by atoms with van der Waals surface area (Å²) >= 11 is 0. The van der Waals surface area contributed by atoms with Crippen molar-refractivity contribution in [2.75, 3.05) is 51.8 Å². The Kier molecular flexibility index (Phi) is 8.64. The van der Waals surface area contributed by atoms with E-state index in [4.69, 9.17) is 4.74 Å². The molecule has 4 fully saturated rings. The zero-order valence-electron chi connectivity index (χ0n) is 25.9. The lowest BCUT2D eigenvalue weighted by Crippen LogP contribution is -2.76. The number of nitriles is 1. The molecule has 10 heteroatoms. The number of nitrogens with zero attached hydrogens (tertiary/aromatic N) is 5. The molecule has 1 amide bonds. The molecule has 0 aromatic heterocycles. The molecule has 0 radical (unpaired) electrons. The van der Waals surface area contributed by atoms with Gasteiger partial charge in [-0.3, -0.25) is 25.1 Å². The highest BCUT2D eigenvalue weighted by atomic mass is 16.5. The van der Waals surface area contributed by atoms with Gasteiger partial charge in [0.15, 0.2) is 12.1 Å². The number of likely N-dealkylation sites (N-methyl/N-ethyl adjacent to an activating group) is 1. The van der Waals surface area contributed by atoms with E-state index in [1.165, 1.54) is 23.7 Å². The fourth-order valence-electron chi connectivity index (χ4n) is 8.60. The molecule has 3 saturated heterocycles. The molecule has 8 atom stereocenters. The summed E-state index contributed by atoms with van der Waals surface area (Å²) in [5, 5.41) is 16.9. The van der Waals surface area contributed by atoms with Gasteiger partial charge in [0.05, 0.1) is 42.8 Å². The fraction of sp³-hybridized carbons (Fsp3) is 0.667. The summed E-state index contributed by atoms with van der Waals surface area (Å²) in [6.07, 6.45) is 5.77. The average Bonchev–Trinajstić information content (AvgIpc) is 3.44. The predicted molar refractivity (Wildman–Crippen MR) is 165 cm³/mol. The Morgan fingerprint density at radius 2 is 2.00 bits per heavy atom. The highest BCUT2D eigenvalue weighted by Crippen LogP contribution is 2.49. The van der Waals surface area contributed by atoms with E-state index in [9.17, 15) is 14.9 Å². The molecule has 1 saturated carbocycles. The van der Waals surface area contributed by atoms with E-state index < -0.39 is 11.8 Å². The van der Waals surface area contributed by atoms with Gasteiger partial charge in [0.1, 0.15) is 0 Å². The molecule has 0 bridgehead atoms. The second-order valence-corrected chi connectivity index (χ2v) is 13.3. The van der Waals surface area contributed by atoms with Gasteiger partial charge in [0.2, 0.25) is 5.91 Å². The molecule has 2 N–H and O–H groups in total. The summed E-state index contributed by atoms with van der Waals surface area (Å²) in [7, 11) is 4.26. The third-order valence-electron chi connectivity index (χ3n) is 11.3. The van der Waals surface area contributed by atoms with E-state index in [0.29, 0.717) is 32.3 Å². The number of nitrogens with one attached hydrogen (secondary N) is 2. The molecular weight excluding hydrogens is 542 g/mol. The number of rotatable bonds is 6. The van der Waals surface area contributed by atoms with Crippen LogP contribution in [0.3, 0.4) is 0 Å². The number of benzene rings is 1. The lowest BCUT2D eigenvalue weighted by Gasteiger charge is -2.57. The number of carbonyl (C=O) groups excluding carboxylic acids is 2. The van der Waals surface area contributed by atoms with Crippen LogP contribution in [0.1, 0.15) is 44.6 Å². The van der Waals surface area contributed by atoms with Gasteiger partial charge in [-0.15, -0.1) is 0 Å². The number of likely N-dealkylation sites (tertiary alicyclic amines) is 1. The first kappa shape index (κ1) is 30.2. The summed E-state index contributed by atoms with van der Waals surface area (Å²) in [6.45, 7) is 9.30. The maximum absolute atomic E-state index is 14.8.